The fraction of sp³-hybridized carbons (Fsp3) is 0.143. The lowest BCUT2D eigenvalue weighted by molar-refractivity contribution is -0.116. The number of hydroxylamine groups is 2. The zero-order valence-corrected chi connectivity index (χ0v) is 14.6. The number of hydrogen-bond donors (Lipinski definition) is 1. The minimum Gasteiger partial charge on any atom is -0.380 e. The lowest BCUT2D eigenvalue weighted by Crippen LogP contribution is -2.27. The summed E-state index contributed by atoms with van der Waals surface area (Å²) in [6.07, 6.45) is 3.50. The molecule has 3 aromatic rings. The molecule has 1 aromatic heterocycles. The Bertz CT molecular complexity index is 838. The molecule has 5 heteroatoms. The topological polar surface area (TPSA) is 54.5 Å². The Labute approximate surface area is 153 Å². The Morgan fingerprint density at radius 3 is 2.42 bits per heavy atom. The molecule has 1 amide bonds. The van der Waals surface area contributed by atoms with Crippen LogP contribution in [0.15, 0.2) is 79.1 Å². The van der Waals surface area contributed by atoms with Gasteiger partial charge in [-0.15, -0.1) is 0 Å². The van der Waals surface area contributed by atoms with Gasteiger partial charge in [-0.1, -0.05) is 42.5 Å². The summed E-state index contributed by atoms with van der Waals surface area (Å²) >= 11 is 0. The van der Waals surface area contributed by atoms with Crippen molar-refractivity contribution in [1.29, 1.82) is 0 Å². The van der Waals surface area contributed by atoms with Gasteiger partial charge in [0, 0.05) is 31.7 Å². The van der Waals surface area contributed by atoms with E-state index in [1.54, 1.807) is 25.5 Å². The number of anilines is 1. The van der Waals surface area contributed by atoms with Crippen LogP contribution in [0.5, 0.6) is 0 Å². The average molecular weight is 347 g/mol. The van der Waals surface area contributed by atoms with Crippen LogP contribution in [-0.2, 0) is 18.0 Å². The van der Waals surface area contributed by atoms with Gasteiger partial charge in [-0.25, -0.2) is 5.06 Å². The summed E-state index contributed by atoms with van der Waals surface area (Å²) in [7, 11) is 1.63. The Kier molecular flexibility index (Phi) is 5.96. The first kappa shape index (κ1) is 17.6. The monoisotopic (exact) mass is 347 g/mol. The number of nitrogens with zero attached hydrogens (tertiary/aromatic N) is 2. The van der Waals surface area contributed by atoms with Crippen molar-refractivity contribution in [3.05, 3.63) is 95.8 Å². The predicted molar refractivity (Wildman–Crippen MR) is 101 cm³/mol. The molecule has 0 saturated heterocycles. The fourth-order valence-corrected chi connectivity index (χ4v) is 2.50. The van der Waals surface area contributed by atoms with Crippen LogP contribution in [0, 0.1) is 0 Å². The molecule has 1 N–H and O–H groups in total. The molecule has 0 aliphatic rings. The van der Waals surface area contributed by atoms with E-state index in [1.807, 2.05) is 60.7 Å². The number of carbonyl (C=O) groups is 1. The lowest BCUT2D eigenvalue weighted by atomic mass is 10.1. The molecular weight excluding hydrogens is 326 g/mol. The molecule has 1 heterocycles. The van der Waals surface area contributed by atoms with E-state index < -0.39 is 0 Å². The predicted octanol–water partition coefficient (Wildman–Crippen LogP) is 3.90. The first-order valence-electron chi connectivity index (χ1n) is 8.41. The summed E-state index contributed by atoms with van der Waals surface area (Å²) in [4.78, 5) is 22.4. The minimum absolute atomic E-state index is 0.196. The molecule has 0 atom stereocenters. The third-order valence-corrected chi connectivity index (χ3v) is 3.94. The van der Waals surface area contributed by atoms with E-state index in [0.29, 0.717) is 18.7 Å². The summed E-state index contributed by atoms with van der Waals surface area (Å²) < 4.78 is 0. The molecule has 0 unspecified atom stereocenters. The van der Waals surface area contributed by atoms with Crippen LogP contribution in [-0.4, -0.2) is 23.0 Å². The molecule has 5 nitrogen and oxygen atoms in total. The van der Waals surface area contributed by atoms with Gasteiger partial charge in [0.25, 0.3) is 5.91 Å². The Morgan fingerprint density at radius 1 is 0.962 bits per heavy atom. The zero-order valence-electron chi connectivity index (χ0n) is 14.6. The normalized spacial score (nSPS) is 10.3. The first-order valence-corrected chi connectivity index (χ1v) is 8.41. The summed E-state index contributed by atoms with van der Waals surface area (Å²) in [6.45, 7) is 0.955. The smallest absolute Gasteiger partial charge is 0.279 e. The van der Waals surface area contributed by atoms with Crippen molar-refractivity contribution < 1.29 is 9.63 Å². The summed E-state index contributed by atoms with van der Waals surface area (Å²) in [5.41, 5.74) is 3.44. The minimum atomic E-state index is -0.196. The molecule has 132 valence electrons. The maximum atomic E-state index is 12.7. The van der Waals surface area contributed by atoms with Gasteiger partial charge in [0.2, 0.25) is 0 Å². The lowest BCUT2D eigenvalue weighted by Gasteiger charge is -2.19. The Hall–Kier alpha value is -3.18. The van der Waals surface area contributed by atoms with Gasteiger partial charge in [0.1, 0.15) is 6.61 Å². The molecule has 0 aliphatic carbocycles. The van der Waals surface area contributed by atoms with Gasteiger partial charge < -0.3 is 5.32 Å². The van der Waals surface area contributed by atoms with Crippen molar-refractivity contribution >= 4 is 11.6 Å². The van der Waals surface area contributed by atoms with Gasteiger partial charge in [-0.05, 0) is 35.4 Å². The van der Waals surface area contributed by atoms with Crippen LogP contribution in [0.3, 0.4) is 0 Å². The second-order valence-corrected chi connectivity index (χ2v) is 5.82. The number of aromatic nitrogens is 1. The summed E-state index contributed by atoms with van der Waals surface area (Å²) in [6, 6.07) is 21.1. The van der Waals surface area contributed by atoms with Crippen LogP contribution in [0.25, 0.3) is 0 Å². The molecule has 0 aliphatic heterocycles. The van der Waals surface area contributed by atoms with E-state index in [0.717, 1.165) is 16.8 Å². The zero-order chi connectivity index (χ0) is 18.2. The molecule has 0 fully saturated rings. The third-order valence-electron chi connectivity index (χ3n) is 3.94. The van der Waals surface area contributed by atoms with Crippen molar-refractivity contribution in [1.82, 2.24) is 10.0 Å². The van der Waals surface area contributed by atoms with Gasteiger partial charge in [-0.2, -0.15) is 0 Å². The van der Waals surface area contributed by atoms with E-state index in [2.05, 4.69) is 10.3 Å². The molecule has 2 aromatic carbocycles. The SMILES string of the molecule is CN(OCc1ccccc1)C(=O)c1ccccc1NCc1ccncc1. The van der Waals surface area contributed by atoms with Crippen molar-refractivity contribution in [3.8, 4) is 0 Å². The number of pyridine rings is 1. The fourth-order valence-electron chi connectivity index (χ4n) is 2.50. The van der Waals surface area contributed by atoms with Crippen LogP contribution in [0.4, 0.5) is 5.69 Å². The summed E-state index contributed by atoms with van der Waals surface area (Å²) in [5.74, 6) is -0.196. The van der Waals surface area contributed by atoms with Crippen molar-refractivity contribution in [2.75, 3.05) is 12.4 Å². The van der Waals surface area contributed by atoms with E-state index in [-0.39, 0.29) is 5.91 Å². The number of amides is 1. The molecular formula is C21H21N3O2. The van der Waals surface area contributed by atoms with Gasteiger partial charge in [0.05, 0.1) is 5.56 Å². The Morgan fingerprint density at radius 2 is 1.65 bits per heavy atom. The maximum absolute atomic E-state index is 12.7. The highest BCUT2D eigenvalue weighted by molar-refractivity contribution is 5.98. The molecule has 0 saturated carbocycles. The average Bonchev–Trinajstić information content (AvgIpc) is 2.71. The third kappa shape index (κ3) is 4.68. The van der Waals surface area contributed by atoms with E-state index in [1.165, 1.54) is 5.06 Å². The number of nitrogens with one attached hydrogen (secondary N) is 1. The second-order valence-electron chi connectivity index (χ2n) is 5.82. The van der Waals surface area contributed by atoms with E-state index in [4.69, 9.17) is 4.84 Å². The number of carbonyl (C=O) groups excluding carboxylic acids is 1. The highest BCUT2D eigenvalue weighted by atomic mass is 16.7. The van der Waals surface area contributed by atoms with E-state index >= 15 is 0 Å². The number of rotatable bonds is 7. The highest BCUT2D eigenvalue weighted by Crippen LogP contribution is 2.18. The largest absolute Gasteiger partial charge is 0.380 e. The van der Waals surface area contributed by atoms with Crippen molar-refractivity contribution in [2.24, 2.45) is 0 Å². The quantitative estimate of drug-likeness (QED) is 0.659. The molecule has 3 rings (SSSR count). The molecule has 0 bridgehead atoms. The van der Waals surface area contributed by atoms with Crippen molar-refractivity contribution in [2.45, 2.75) is 13.2 Å². The first-order chi connectivity index (χ1) is 12.7. The van der Waals surface area contributed by atoms with Gasteiger partial charge in [0.15, 0.2) is 0 Å². The van der Waals surface area contributed by atoms with Crippen LogP contribution in [0.1, 0.15) is 21.5 Å². The number of hydrogen-bond acceptors (Lipinski definition) is 4. The molecule has 0 spiro atoms. The van der Waals surface area contributed by atoms with Crippen LogP contribution in [0.2, 0.25) is 0 Å². The van der Waals surface area contributed by atoms with Crippen LogP contribution < -0.4 is 5.32 Å². The van der Waals surface area contributed by atoms with Gasteiger partial charge in [-0.3, -0.25) is 14.6 Å². The van der Waals surface area contributed by atoms with Crippen LogP contribution >= 0.6 is 0 Å². The Balaban J connectivity index is 1.65. The maximum Gasteiger partial charge on any atom is 0.279 e. The van der Waals surface area contributed by atoms with Crippen molar-refractivity contribution in [3.63, 3.8) is 0 Å². The van der Waals surface area contributed by atoms with Gasteiger partial charge >= 0.3 is 0 Å². The molecule has 26 heavy (non-hydrogen) atoms. The molecule has 0 radical (unpaired) electrons. The van der Waals surface area contributed by atoms with E-state index in [9.17, 15) is 4.79 Å². The summed E-state index contributed by atoms with van der Waals surface area (Å²) in [5, 5.41) is 4.59. The standard InChI is InChI=1S/C21H21N3O2/c1-24(26-16-18-7-3-2-4-8-18)21(25)19-9-5-6-10-20(19)23-15-17-11-13-22-14-12-17/h2-14,23H,15-16H2,1H3. The highest BCUT2D eigenvalue weighted by Gasteiger charge is 2.16. The number of benzene rings is 2. The number of para-hydroxylation sites is 1. The second kappa shape index (κ2) is 8.78.